The number of phenolic OH excluding ortho intramolecular Hbond substituents is 1. The smallest absolute Gasteiger partial charge is 0.115 e. The number of hydrogen-bond donors (Lipinski definition) is 2. The second-order valence-electron chi connectivity index (χ2n) is 3.32. The Morgan fingerprint density at radius 1 is 1.50 bits per heavy atom. The Morgan fingerprint density at radius 2 is 2.31 bits per heavy atom. The number of phenols is 1. The van der Waals surface area contributed by atoms with Crippen molar-refractivity contribution in [2.75, 3.05) is 18.1 Å². The first-order chi connectivity index (χ1) is 7.74. The molecular weight excluding hydrogens is 286 g/mol. The highest BCUT2D eigenvalue weighted by Gasteiger charge is 2.00. The fourth-order valence-electron chi connectivity index (χ4n) is 1.23. The summed E-state index contributed by atoms with van der Waals surface area (Å²) in [6, 6.07) is 5.31. The number of benzene rings is 1. The van der Waals surface area contributed by atoms with Gasteiger partial charge in [0, 0.05) is 29.1 Å². The van der Waals surface area contributed by atoms with E-state index in [1.807, 2.05) is 23.9 Å². The van der Waals surface area contributed by atoms with Gasteiger partial charge in [-0.3, -0.25) is 0 Å². The Hall–Kier alpha value is -0.450. The maximum atomic E-state index is 9.35. The largest absolute Gasteiger partial charge is 0.508 e. The molecule has 4 heteroatoms. The summed E-state index contributed by atoms with van der Waals surface area (Å²) in [6.45, 7) is 5.40. The van der Waals surface area contributed by atoms with Crippen molar-refractivity contribution in [1.82, 2.24) is 5.32 Å². The molecule has 0 aliphatic rings. The van der Waals surface area contributed by atoms with Gasteiger partial charge < -0.3 is 10.4 Å². The second kappa shape index (κ2) is 7.76. The van der Waals surface area contributed by atoms with Gasteiger partial charge in [0.15, 0.2) is 0 Å². The molecule has 0 fully saturated rings. The van der Waals surface area contributed by atoms with Gasteiger partial charge in [0.2, 0.25) is 0 Å². The third-order valence-electron chi connectivity index (χ3n) is 2.00. The lowest BCUT2D eigenvalue weighted by atomic mass is 10.2. The molecule has 1 aromatic carbocycles. The molecular formula is C12H16BrNOS. The van der Waals surface area contributed by atoms with Crippen LogP contribution in [0.1, 0.15) is 5.56 Å². The van der Waals surface area contributed by atoms with Crippen LogP contribution in [0.2, 0.25) is 0 Å². The van der Waals surface area contributed by atoms with E-state index in [2.05, 4.69) is 27.8 Å². The number of nitrogens with one attached hydrogen (secondary N) is 1. The second-order valence-corrected chi connectivity index (χ2v) is 5.32. The molecule has 1 rings (SSSR count). The van der Waals surface area contributed by atoms with Crippen molar-refractivity contribution in [1.29, 1.82) is 0 Å². The van der Waals surface area contributed by atoms with Crippen LogP contribution in [0, 0.1) is 0 Å². The molecule has 0 atom stereocenters. The van der Waals surface area contributed by atoms with Gasteiger partial charge >= 0.3 is 0 Å². The molecule has 0 heterocycles. The van der Waals surface area contributed by atoms with Crippen LogP contribution >= 0.6 is 27.7 Å². The predicted octanol–water partition coefficient (Wildman–Crippen LogP) is 3.16. The van der Waals surface area contributed by atoms with Crippen LogP contribution in [0.25, 0.3) is 0 Å². The summed E-state index contributed by atoms with van der Waals surface area (Å²) in [4.78, 5) is 0. The maximum Gasteiger partial charge on any atom is 0.115 e. The summed E-state index contributed by atoms with van der Waals surface area (Å²) in [6.07, 6.45) is 1.91. The molecule has 2 nitrogen and oxygen atoms in total. The molecule has 0 aliphatic heterocycles. The Labute approximate surface area is 109 Å². The van der Waals surface area contributed by atoms with Gasteiger partial charge in [-0.15, -0.1) is 6.58 Å². The minimum atomic E-state index is 0.307. The Balaban J connectivity index is 2.26. The first kappa shape index (κ1) is 13.6. The minimum absolute atomic E-state index is 0.307. The molecule has 1 aromatic rings. The number of rotatable bonds is 7. The summed E-state index contributed by atoms with van der Waals surface area (Å²) >= 11 is 5.31. The number of halogens is 1. The first-order valence-corrected chi connectivity index (χ1v) is 7.05. The normalized spacial score (nSPS) is 10.3. The molecule has 0 unspecified atom stereocenters. The van der Waals surface area contributed by atoms with E-state index >= 15 is 0 Å². The monoisotopic (exact) mass is 301 g/mol. The summed E-state index contributed by atoms with van der Waals surface area (Å²) < 4.78 is 1.02. The fourth-order valence-corrected chi connectivity index (χ4v) is 2.24. The third kappa shape index (κ3) is 5.05. The number of hydrogen-bond acceptors (Lipinski definition) is 3. The van der Waals surface area contributed by atoms with E-state index in [0.717, 1.165) is 34.6 Å². The van der Waals surface area contributed by atoms with Gasteiger partial charge in [-0.25, -0.2) is 0 Å². The van der Waals surface area contributed by atoms with Crippen molar-refractivity contribution in [2.45, 2.75) is 6.54 Å². The zero-order chi connectivity index (χ0) is 11.8. The quantitative estimate of drug-likeness (QED) is 0.599. The van der Waals surface area contributed by atoms with Gasteiger partial charge in [-0.05, 0) is 23.8 Å². The molecule has 88 valence electrons. The van der Waals surface area contributed by atoms with Crippen molar-refractivity contribution in [3.05, 3.63) is 40.9 Å². The van der Waals surface area contributed by atoms with Gasteiger partial charge in [0.05, 0.1) is 0 Å². The maximum absolute atomic E-state index is 9.35. The summed E-state index contributed by atoms with van der Waals surface area (Å²) in [5, 5.41) is 12.7. The Bertz CT molecular complexity index is 344. The molecule has 0 bridgehead atoms. The zero-order valence-corrected chi connectivity index (χ0v) is 11.5. The van der Waals surface area contributed by atoms with E-state index in [-0.39, 0.29) is 0 Å². The van der Waals surface area contributed by atoms with Gasteiger partial charge in [-0.2, -0.15) is 11.8 Å². The molecule has 0 aliphatic carbocycles. The molecule has 0 saturated carbocycles. The summed E-state index contributed by atoms with van der Waals surface area (Å²) in [5.74, 6) is 2.38. The van der Waals surface area contributed by atoms with Gasteiger partial charge in [-0.1, -0.05) is 22.0 Å². The first-order valence-electron chi connectivity index (χ1n) is 5.11. The SMILES string of the molecule is C=CCSCCNCc1cc(O)ccc1Br. The minimum Gasteiger partial charge on any atom is -0.508 e. The topological polar surface area (TPSA) is 32.3 Å². The molecule has 0 aromatic heterocycles. The fraction of sp³-hybridized carbons (Fsp3) is 0.333. The highest BCUT2D eigenvalue weighted by Crippen LogP contribution is 2.21. The number of thioether (sulfide) groups is 1. The van der Waals surface area contributed by atoms with Crippen LogP contribution in [0.4, 0.5) is 0 Å². The summed E-state index contributed by atoms with van der Waals surface area (Å²) in [5.41, 5.74) is 1.08. The summed E-state index contributed by atoms with van der Waals surface area (Å²) in [7, 11) is 0. The van der Waals surface area contributed by atoms with Crippen LogP contribution in [-0.4, -0.2) is 23.2 Å². The van der Waals surface area contributed by atoms with E-state index in [0.29, 0.717) is 5.75 Å². The van der Waals surface area contributed by atoms with E-state index in [1.165, 1.54) is 0 Å². The van der Waals surface area contributed by atoms with Crippen molar-refractivity contribution >= 4 is 27.7 Å². The van der Waals surface area contributed by atoms with E-state index < -0.39 is 0 Å². The Kier molecular flexibility index (Phi) is 6.61. The predicted molar refractivity (Wildman–Crippen MR) is 75.0 cm³/mol. The van der Waals surface area contributed by atoms with Crippen LogP contribution < -0.4 is 5.32 Å². The van der Waals surface area contributed by atoms with Crippen LogP contribution in [0.15, 0.2) is 35.3 Å². The lowest BCUT2D eigenvalue weighted by molar-refractivity contribution is 0.474. The van der Waals surface area contributed by atoms with Crippen LogP contribution in [0.3, 0.4) is 0 Å². The highest BCUT2D eigenvalue weighted by molar-refractivity contribution is 9.10. The molecule has 0 saturated heterocycles. The standard InChI is InChI=1S/C12H16BrNOS/c1-2-6-16-7-5-14-9-10-8-11(15)3-4-12(10)13/h2-4,8,14-15H,1,5-7,9H2. The van der Waals surface area contributed by atoms with Crippen molar-refractivity contribution in [3.63, 3.8) is 0 Å². The van der Waals surface area contributed by atoms with Crippen LogP contribution in [-0.2, 0) is 6.54 Å². The Morgan fingerprint density at radius 3 is 3.06 bits per heavy atom. The van der Waals surface area contributed by atoms with Gasteiger partial charge in [0.25, 0.3) is 0 Å². The van der Waals surface area contributed by atoms with E-state index in [1.54, 1.807) is 12.1 Å². The average molecular weight is 302 g/mol. The molecule has 0 radical (unpaired) electrons. The number of aromatic hydroxyl groups is 1. The van der Waals surface area contributed by atoms with Crippen molar-refractivity contribution < 1.29 is 5.11 Å². The molecule has 2 N–H and O–H groups in total. The zero-order valence-electron chi connectivity index (χ0n) is 9.08. The van der Waals surface area contributed by atoms with E-state index in [9.17, 15) is 5.11 Å². The molecule has 0 spiro atoms. The van der Waals surface area contributed by atoms with Crippen LogP contribution in [0.5, 0.6) is 5.75 Å². The van der Waals surface area contributed by atoms with Crippen molar-refractivity contribution in [3.8, 4) is 5.75 Å². The lowest BCUT2D eigenvalue weighted by Gasteiger charge is -2.07. The lowest BCUT2D eigenvalue weighted by Crippen LogP contribution is -2.16. The third-order valence-corrected chi connectivity index (χ3v) is 3.74. The highest BCUT2D eigenvalue weighted by atomic mass is 79.9. The van der Waals surface area contributed by atoms with Gasteiger partial charge in [0.1, 0.15) is 5.75 Å². The average Bonchev–Trinajstić information content (AvgIpc) is 2.28. The molecule has 16 heavy (non-hydrogen) atoms. The van der Waals surface area contributed by atoms with Crippen molar-refractivity contribution in [2.24, 2.45) is 0 Å². The molecule has 0 amide bonds. The van der Waals surface area contributed by atoms with E-state index in [4.69, 9.17) is 0 Å².